The van der Waals surface area contributed by atoms with E-state index >= 15 is 0 Å². The first kappa shape index (κ1) is 20.2. The molecule has 0 aliphatic rings. The van der Waals surface area contributed by atoms with Crippen LogP contribution in [-0.4, -0.2) is 28.0 Å². The van der Waals surface area contributed by atoms with Gasteiger partial charge in [-0.1, -0.05) is 24.3 Å². The van der Waals surface area contributed by atoms with Crippen molar-refractivity contribution in [2.45, 2.75) is 6.92 Å². The summed E-state index contributed by atoms with van der Waals surface area (Å²) in [7, 11) is 0. The number of hydrogen-bond acceptors (Lipinski definition) is 4. The molecule has 6 nitrogen and oxygen atoms in total. The second-order valence-electron chi connectivity index (χ2n) is 6.75. The van der Waals surface area contributed by atoms with E-state index in [0.29, 0.717) is 5.52 Å². The number of fused-ring (bicyclic) bond motifs is 1. The van der Waals surface area contributed by atoms with Crippen molar-refractivity contribution < 1.29 is 23.1 Å². The van der Waals surface area contributed by atoms with E-state index in [-0.39, 0.29) is 5.56 Å². The summed E-state index contributed by atoms with van der Waals surface area (Å²) in [5.74, 6) is -2.71. The number of benzene rings is 3. The molecule has 0 aliphatic heterocycles. The van der Waals surface area contributed by atoms with Crippen LogP contribution in [0.4, 0.5) is 14.5 Å². The van der Waals surface area contributed by atoms with E-state index in [9.17, 15) is 18.4 Å². The Kier molecular flexibility index (Phi) is 5.44. The van der Waals surface area contributed by atoms with Crippen LogP contribution < -0.4 is 5.32 Å². The number of nitrogens with one attached hydrogen (secondary N) is 1. The van der Waals surface area contributed by atoms with Gasteiger partial charge in [0.25, 0.3) is 5.91 Å². The lowest BCUT2D eigenvalue weighted by atomic mass is 10.2. The maximum absolute atomic E-state index is 13.6. The fraction of sp³-hybridized carbons (Fsp3) is 0.0870. The molecule has 0 fully saturated rings. The van der Waals surface area contributed by atoms with Gasteiger partial charge in [0.1, 0.15) is 23.1 Å². The maximum Gasteiger partial charge on any atom is 0.338 e. The second-order valence-corrected chi connectivity index (χ2v) is 6.75. The number of aryl methyl sites for hydroxylation is 1. The number of halogens is 2. The van der Waals surface area contributed by atoms with E-state index < -0.39 is 35.8 Å². The summed E-state index contributed by atoms with van der Waals surface area (Å²) in [5, 5.41) is 2.06. The summed E-state index contributed by atoms with van der Waals surface area (Å²) >= 11 is 0. The maximum atomic E-state index is 13.6. The molecule has 3 aromatic carbocycles. The topological polar surface area (TPSA) is 73.2 Å². The average molecular weight is 421 g/mol. The number of ether oxygens (including phenoxy) is 1. The van der Waals surface area contributed by atoms with Crippen LogP contribution in [0.3, 0.4) is 0 Å². The number of rotatable bonds is 5. The number of esters is 1. The molecule has 31 heavy (non-hydrogen) atoms. The predicted octanol–water partition coefficient (Wildman–Crippen LogP) is 4.41. The second kappa shape index (κ2) is 8.35. The van der Waals surface area contributed by atoms with Crippen LogP contribution in [0.2, 0.25) is 0 Å². The first-order valence-electron chi connectivity index (χ1n) is 9.39. The lowest BCUT2D eigenvalue weighted by Crippen LogP contribution is -2.22. The summed E-state index contributed by atoms with van der Waals surface area (Å²) in [6.45, 7) is 1.17. The average Bonchev–Trinajstić information content (AvgIpc) is 3.10. The van der Waals surface area contributed by atoms with E-state index in [1.54, 1.807) is 18.2 Å². The highest BCUT2D eigenvalue weighted by atomic mass is 19.1. The Hall–Kier alpha value is -4.07. The number of amides is 1. The van der Waals surface area contributed by atoms with Gasteiger partial charge in [0.2, 0.25) is 0 Å². The van der Waals surface area contributed by atoms with Crippen molar-refractivity contribution in [3.63, 3.8) is 0 Å². The molecular weight excluding hydrogens is 404 g/mol. The van der Waals surface area contributed by atoms with E-state index in [1.165, 1.54) is 6.07 Å². The van der Waals surface area contributed by atoms with E-state index in [4.69, 9.17) is 4.74 Å². The monoisotopic (exact) mass is 421 g/mol. The molecule has 0 saturated heterocycles. The van der Waals surface area contributed by atoms with Crippen molar-refractivity contribution in [2.24, 2.45) is 0 Å². The summed E-state index contributed by atoms with van der Waals surface area (Å²) < 4.78 is 34.2. The third-order valence-electron chi connectivity index (χ3n) is 4.63. The first-order chi connectivity index (χ1) is 14.9. The zero-order chi connectivity index (χ0) is 22.0. The SMILES string of the molecule is Cc1nc2cc(C(=O)OCC(=O)Nc3c(F)cccc3F)ccc2n1-c1ccccc1. The van der Waals surface area contributed by atoms with Gasteiger partial charge in [0.15, 0.2) is 6.61 Å². The molecule has 156 valence electrons. The Morgan fingerprint density at radius 1 is 1.00 bits per heavy atom. The molecule has 0 saturated carbocycles. The number of carbonyl (C=O) groups excluding carboxylic acids is 2. The summed E-state index contributed by atoms with van der Waals surface area (Å²) in [4.78, 5) is 28.8. The number of nitrogens with zero attached hydrogens (tertiary/aromatic N) is 2. The van der Waals surface area contributed by atoms with Crippen LogP contribution in [0.25, 0.3) is 16.7 Å². The quantitative estimate of drug-likeness (QED) is 0.485. The van der Waals surface area contributed by atoms with Gasteiger partial charge in [-0.05, 0) is 49.4 Å². The Labute approximate surface area is 176 Å². The highest BCUT2D eigenvalue weighted by Gasteiger charge is 2.16. The molecule has 1 N–H and O–H groups in total. The van der Waals surface area contributed by atoms with Crippen LogP contribution in [0.1, 0.15) is 16.2 Å². The molecule has 0 bridgehead atoms. The largest absolute Gasteiger partial charge is 0.452 e. The number of para-hydroxylation sites is 2. The molecule has 1 heterocycles. The Bertz CT molecular complexity index is 1270. The molecule has 4 aromatic rings. The van der Waals surface area contributed by atoms with Gasteiger partial charge in [-0.3, -0.25) is 9.36 Å². The summed E-state index contributed by atoms with van der Waals surface area (Å²) in [5.41, 5.74) is 1.96. The Morgan fingerprint density at radius 2 is 1.71 bits per heavy atom. The molecule has 0 spiro atoms. The van der Waals surface area contributed by atoms with Crippen molar-refractivity contribution >= 4 is 28.6 Å². The molecule has 0 atom stereocenters. The Morgan fingerprint density at radius 3 is 2.42 bits per heavy atom. The van der Waals surface area contributed by atoms with Crippen molar-refractivity contribution in [3.05, 3.63) is 89.8 Å². The van der Waals surface area contributed by atoms with Gasteiger partial charge in [-0.2, -0.15) is 0 Å². The molecule has 4 rings (SSSR count). The third kappa shape index (κ3) is 4.13. The van der Waals surface area contributed by atoms with Gasteiger partial charge < -0.3 is 10.1 Å². The summed E-state index contributed by atoms with van der Waals surface area (Å²) in [6, 6.07) is 17.7. The minimum absolute atomic E-state index is 0.204. The van der Waals surface area contributed by atoms with Gasteiger partial charge in [-0.15, -0.1) is 0 Å². The highest BCUT2D eigenvalue weighted by Crippen LogP contribution is 2.23. The normalized spacial score (nSPS) is 10.8. The fourth-order valence-corrected chi connectivity index (χ4v) is 3.24. The van der Waals surface area contributed by atoms with Crippen LogP contribution in [0.5, 0.6) is 0 Å². The van der Waals surface area contributed by atoms with Crippen LogP contribution >= 0.6 is 0 Å². The lowest BCUT2D eigenvalue weighted by Gasteiger charge is -2.09. The fourth-order valence-electron chi connectivity index (χ4n) is 3.24. The smallest absolute Gasteiger partial charge is 0.338 e. The number of carbonyl (C=O) groups is 2. The number of anilines is 1. The van der Waals surface area contributed by atoms with E-state index in [0.717, 1.165) is 29.2 Å². The van der Waals surface area contributed by atoms with Crippen LogP contribution in [-0.2, 0) is 9.53 Å². The van der Waals surface area contributed by atoms with Crippen molar-refractivity contribution in [3.8, 4) is 5.69 Å². The third-order valence-corrected chi connectivity index (χ3v) is 4.63. The van der Waals surface area contributed by atoms with Crippen molar-refractivity contribution in [1.82, 2.24) is 9.55 Å². The number of imidazole rings is 1. The molecular formula is C23H17F2N3O3. The lowest BCUT2D eigenvalue weighted by molar-refractivity contribution is -0.119. The number of aromatic nitrogens is 2. The zero-order valence-corrected chi connectivity index (χ0v) is 16.4. The van der Waals surface area contributed by atoms with Gasteiger partial charge in [0, 0.05) is 5.69 Å². The number of hydrogen-bond donors (Lipinski definition) is 1. The predicted molar refractivity (Wildman–Crippen MR) is 111 cm³/mol. The van der Waals surface area contributed by atoms with Gasteiger partial charge in [-0.25, -0.2) is 18.6 Å². The summed E-state index contributed by atoms with van der Waals surface area (Å²) in [6.07, 6.45) is 0. The minimum Gasteiger partial charge on any atom is -0.452 e. The molecule has 1 amide bonds. The molecule has 0 radical (unpaired) electrons. The molecule has 8 heteroatoms. The Balaban J connectivity index is 1.48. The van der Waals surface area contributed by atoms with Crippen LogP contribution in [0.15, 0.2) is 66.7 Å². The first-order valence-corrected chi connectivity index (χ1v) is 9.39. The zero-order valence-electron chi connectivity index (χ0n) is 16.4. The van der Waals surface area contributed by atoms with Crippen molar-refractivity contribution in [1.29, 1.82) is 0 Å². The standard InChI is InChI=1S/C23H17F2N3O3/c1-14-26-19-12-15(10-11-20(19)28(14)16-6-3-2-4-7-16)23(30)31-13-21(29)27-22-17(24)8-5-9-18(22)25/h2-12H,13H2,1H3,(H,27,29). The van der Waals surface area contributed by atoms with Gasteiger partial charge in [0.05, 0.1) is 16.6 Å². The van der Waals surface area contributed by atoms with E-state index in [2.05, 4.69) is 10.3 Å². The van der Waals surface area contributed by atoms with Crippen molar-refractivity contribution in [2.75, 3.05) is 11.9 Å². The molecule has 0 unspecified atom stereocenters. The minimum atomic E-state index is -0.922. The highest BCUT2D eigenvalue weighted by molar-refractivity contribution is 5.97. The van der Waals surface area contributed by atoms with E-state index in [1.807, 2.05) is 41.8 Å². The molecule has 0 aliphatic carbocycles. The van der Waals surface area contributed by atoms with Gasteiger partial charge >= 0.3 is 5.97 Å². The molecule has 1 aromatic heterocycles. The van der Waals surface area contributed by atoms with Crippen LogP contribution in [0, 0.1) is 18.6 Å².